The molecule has 1 atom stereocenters. The predicted molar refractivity (Wildman–Crippen MR) is 126 cm³/mol. The summed E-state index contributed by atoms with van der Waals surface area (Å²) in [5.74, 6) is -0.560. The fraction of sp³-hybridized carbons (Fsp3) is 0.240. The first-order valence-electron chi connectivity index (χ1n) is 10.7. The third-order valence-electron chi connectivity index (χ3n) is 5.85. The molecule has 1 fully saturated rings. The van der Waals surface area contributed by atoms with Gasteiger partial charge in [0.2, 0.25) is 0 Å². The van der Waals surface area contributed by atoms with E-state index >= 15 is 0 Å². The van der Waals surface area contributed by atoms with Crippen LogP contribution in [0.4, 0.5) is 10.1 Å². The number of sulfonamides is 1. The fourth-order valence-electron chi connectivity index (χ4n) is 3.97. The number of aryl methyl sites for hydroxylation is 1. The van der Waals surface area contributed by atoms with Crippen LogP contribution < -0.4 is 4.72 Å². The third-order valence-corrected chi connectivity index (χ3v) is 7.23. The number of nitrogens with zero attached hydrogens (tertiary/aromatic N) is 2. The summed E-state index contributed by atoms with van der Waals surface area (Å²) in [4.78, 5) is 17.4. The van der Waals surface area contributed by atoms with Crippen molar-refractivity contribution in [1.29, 1.82) is 0 Å². The lowest BCUT2D eigenvalue weighted by molar-refractivity contribution is 0.0498. The topological polar surface area (TPSA) is 69.7 Å². The van der Waals surface area contributed by atoms with Gasteiger partial charge in [0.05, 0.1) is 10.9 Å². The smallest absolute Gasteiger partial charge is 0.261 e. The van der Waals surface area contributed by atoms with Crippen LogP contribution in [0.3, 0.4) is 0 Å². The number of carbonyl (C=O) groups excluding carboxylic acids is 1. The maximum Gasteiger partial charge on any atom is 0.261 e. The van der Waals surface area contributed by atoms with Gasteiger partial charge in [-0.25, -0.2) is 12.8 Å². The zero-order chi connectivity index (χ0) is 23.6. The second kappa shape index (κ2) is 9.33. The summed E-state index contributed by atoms with van der Waals surface area (Å²) in [6, 6.07) is 19.9. The second-order valence-electron chi connectivity index (χ2n) is 8.28. The number of likely N-dealkylation sites (N-methyl/N-ethyl adjacent to an activating group) is 1. The Kier molecular flexibility index (Phi) is 6.49. The monoisotopic (exact) mass is 467 g/mol. The van der Waals surface area contributed by atoms with Crippen molar-refractivity contribution in [1.82, 2.24) is 9.80 Å². The van der Waals surface area contributed by atoms with Gasteiger partial charge in [-0.3, -0.25) is 9.52 Å². The third kappa shape index (κ3) is 5.07. The van der Waals surface area contributed by atoms with Gasteiger partial charge >= 0.3 is 0 Å². The van der Waals surface area contributed by atoms with Crippen LogP contribution in [0.1, 0.15) is 27.5 Å². The van der Waals surface area contributed by atoms with Crippen LogP contribution in [0, 0.1) is 12.7 Å². The first-order chi connectivity index (χ1) is 15.7. The van der Waals surface area contributed by atoms with E-state index in [0.29, 0.717) is 17.8 Å². The molecule has 1 aliphatic rings. The van der Waals surface area contributed by atoms with Crippen LogP contribution in [-0.2, 0) is 10.0 Å². The highest BCUT2D eigenvalue weighted by atomic mass is 32.2. The number of benzene rings is 3. The lowest BCUT2D eigenvalue weighted by Gasteiger charge is -2.40. The van der Waals surface area contributed by atoms with E-state index in [0.717, 1.165) is 24.7 Å². The lowest BCUT2D eigenvalue weighted by Crippen LogP contribution is -2.49. The van der Waals surface area contributed by atoms with E-state index in [-0.39, 0.29) is 22.4 Å². The zero-order valence-electron chi connectivity index (χ0n) is 18.5. The highest BCUT2D eigenvalue weighted by molar-refractivity contribution is 7.92. The quantitative estimate of drug-likeness (QED) is 0.614. The first-order valence-corrected chi connectivity index (χ1v) is 12.2. The number of halogens is 1. The number of anilines is 1. The standard InChI is InChI=1S/C25H26FN3O3S/c1-18-16-22(12-13-23(18)26)33(31,32)27-21-10-8-20(9-11-21)25(30)29-15-14-28(2)17-24(29)19-6-4-3-5-7-19/h3-13,16,24,27H,14-15,17H2,1-2H3. The number of nitrogens with one attached hydrogen (secondary N) is 1. The molecule has 0 radical (unpaired) electrons. The summed E-state index contributed by atoms with van der Waals surface area (Å²) in [6.07, 6.45) is 0. The van der Waals surface area contributed by atoms with Gasteiger partial charge in [-0.2, -0.15) is 0 Å². The van der Waals surface area contributed by atoms with Crippen LogP contribution in [0.2, 0.25) is 0 Å². The van der Waals surface area contributed by atoms with E-state index in [1.807, 2.05) is 42.3 Å². The highest BCUT2D eigenvalue weighted by Gasteiger charge is 2.30. The van der Waals surface area contributed by atoms with Gasteiger partial charge in [-0.05, 0) is 67.6 Å². The molecule has 1 heterocycles. The van der Waals surface area contributed by atoms with Crippen LogP contribution in [0.5, 0.6) is 0 Å². The van der Waals surface area contributed by atoms with Crippen LogP contribution in [0.15, 0.2) is 77.7 Å². The predicted octanol–water partition coefficient (Wildman–Crippen LogP) is 4.06. The molecule has 172 valence electrons. The van der Waals surface area contributed by atoms with Crippen molar-refractivity contribution in [3.63, 3.8) is 0 Å². The zero-order valence-corrected chi connectivity index (χ0v) is 19.3. The van der Waals surface area contributed by atoms with Gasteiger partial charge in [-0.1, -0.05) is 30.3 Å². The van der Waals surface area contributed by atoms with Gasteiger partial charge in [0.25, 0.3) is 15.9 Å². The normalized spacial score (nSPS) is 17.1. The van der Waals surface area contributed by atoms with Crippen molar-refractivity contribution < 1.29 is 17.6 Å². The first kappa shape index (κ1) is 22.9. The van der Waals surface area contributed by atoms with Gasteiger partial charge in [0.1, 0.15) is 5.82 Å². The van der Waals surface area contributed by atoms with Crippen molar-refractivity contribution >= 4 is 21.6 Å². The fourth-order valence-corrected chi connectivity index (χ4v) is 5.11. The molecule has 0 aliphatic carbocycles. The van der Waals surface area contributed by atoms with E-state index in [4.69, 9.17) is 0 Å². The summed E-state index contributed by atoms with van der Waals surface area (Å²) in [6.45, 7) is 3.64. The van der Waals surface area contributed by atoms with Crippen molar-refractivity contribution in [3.8, 4) is 0 Å². The van der Waals surface area contributed by atoms with Crippen molar-refractivity contribution in [2.75, 3.05) is 31.4 Å². The molecule has 1 aliphatic heterocycles. The molecule has 0 aromatic heterocycles. The largest absolute Gasteiger partial charge is 0.329 e. The molecule has 1 unspecified atom stereocenters. The number of piperazine rings is 1. The highest BCUT2D eigenvalue weighted by Crippen LogP contribution is 2.27. The summed E-state index contributed by atoms with van der Waals surface area (Å²) in [5, 5.41) is 0. The second-order valence-corrected chi connectivity index (χ2v) is 9.96. The van der Waals surface area contributed by atoms with E-state index in [1.165, 1.54) is 19.1 Å². The van der Waals surface area contributed by atoms with Gasteiger partial charge < -0.3 is 9.80 Å². The molecule has 0 bridgehead atoms. The Morgan fingerprint density at radius 2 is 1.70 bits per heavy atom. The van der Waals surface area contributed by atoms with Gasteiger partial charge in [-0.15, -0.1) is 0 Å². The minimum absolute atomic E-state index is 0.0234. The Bertz CT molecular complexity index is 1250. The molecule has 3 aromatic rings. The van der Waals surface area contributed by atoms with Gasteiger partial charge in [0, 0.05) is 30.9 Å². The minimum Gasteiger partial charge on any atom is -0.329 e. The summed E-state index contributed by atoms with van der Waals surface area (Å²) in [7, 11) is -1.83. The minimum atomic E-state index is -3.87. The molecular weight excluding hydrogens is 441 g/mol. The Morgan fingerprint density at radius 3 is 2.36 bits per heavy atom. The number of carbonyl (C=O) groups is 1. The van der Waals surface area contributed by atoms with E-state index in [1.54, 1.807) is 24.3 Å². The van der Waals surface area contributed by atoms with Crippen LogP contribution >= 0.6 is 0 Å². The average molecular weight is 468 g/mol. The molecule has 3 aromatic carbocycles. The number of hydrogen-bond donors (Lipinski definition) is 1. The molecule has 1 amide bonds. The number of amides is 1. The Morgan fingerprint density at radius 1 is 1.00 bits per heavy atom. The summed E-state index contributed by atoms with van der Waals surface area (Å²) >= 11 is 0. The Hall–Kier alpha value is -3.23. The summed E-state index contributed by atoms with van der Waals surface area (Å²) in [5.41, 5.74) is 2.14. The Balaban J connectivity index is 1.52. The summed E-state index contributed by atoms with van der Waals surface area (Å²) < 4.78 is 41.3. The molecule has 6 nitrogen and oxygen atoms in total. The molecule has 33 heavy (non-hydrogen) atoms. The molecular formula is C25H26FN3O3S. The van der Waals surface area contributed by atoms with Crippen molar-refractivity contribution in [2.45, 2.75) is 17.9 Å². The van der Waals surface area contributed by atoms with E-state index in [9.17, 15) is 17.6 Å². The van der Waals surface area contributed by atoms with E-state index < -0.39 is 15.8 Å². The average Bonchev–Trinajstić information content (AvgIpc) is 2.81. The molecule has 0 spiro atoms. The molecule has 4 rings (SSSR count). The van der Waals surface area contributed by atoms with E-state index in [2.05, 4.69) is 9.62 Å². The molecule has 1 saturated heterocycles. The molecule has 1 N–H and O–H groups in total. The van der Waals surface area contributed by atoms with Crippen LogP contribution in [0.25, 0.3) is 0 Å². The van der Waals surface area contributed by atoms with Crippen LogP contribution in [-0.4, -0.2) is 50.8 Å². The lowest BCUT2D eigenvalue weighted by atomic mass is 10.0. The SMILES string of the molecule is Cc1cc(S(=O)(=O)Nc2ccc(C(=O)N3CCN(C)CC3c3ccccc3)cc2)ccc1F. The van der Waals surface area contributed by atoms with Crippen molar-refractivity contribution in [3.05, 3.63) is 95.3 Å². The molecule has 0 saturated carbocycles. The maximum atomic E-state index is 13.5. The Labute approximate surface area is 193 Å². The van der Waals surface area contributed by atoms with Gasteiger partial charge in [0.15, 0.2) is 0 Å². The maximum absolute atomic E-state index is 13.5. The number of hydrogen-bond acceptors (Lipinski definition) is 4. The number of rotatable bonds is 5. The van der Waals surface area contributed by atoms with Crippen molar-refractivity contribution in [2.24, 2.45) is 0 Å². The molecule has 8 heteroatoms.